The predicted octanol–water partition coefficient (Wildman–Crippen LogP) is 3.78. The lowest BCUT2D eigenvalue weighted by Gasteiger charge is -2.07. The number of hydrogen-bond acceptors (Lipinski definition) is 6. The summed E-state index contributed by atoms with van der Waals surface area (Å²) in [5, 5.41) is 4.69. The molecule has 0 spiro atoms. The van der Waals surface area contributed by atoms with E-state index >= 15 is 0 Å². The summed E-state index contributed by atoms with van der Waals surface area (Å²) in [6.45, 7) is 0.395. The van der Waals surface area contributed by atoms with Gasteiger partial charge in [-0.2, -0.15) is 0 Å². The molecule has 0 atom stereocenters. The smallest absolute Gasteiger partial charge is 0.257 e. The number of nitrogens with zero attached hydrogens (tertiary/aromatic N) is 1. The number of carbonyl (C=O) groups is 1. The fourth-order valence-electron chi connectivity index (χ4n) is 2.44. The van der Waals surface area contributed by atoms with E-state index in [0.29, 0.717) is 16.4 Å². The van der Waals surface area contributed by atoms with Gasteiger partial charge in [-0.1, -0.05) is 11.6 Å². The number of methoxy groups -OCH3 is 1. The van der Waals surface area contributed by atoms with Crippen molar-refractivity contribution in [1.82, 2.24) is 9.71 Å². The van der Waals surface area contributed by atoms with E-state index in [0.717, 1.165) is 0 Å². The molecule has 0 aliphatic heterocycles. The number of aromatic nitrogens is 1. The second-order valence-electron chi connectivity index (χ2n) is 6.04. The number of carbonyl (C=O) groups excluding carboxylic acids is 1. The average Bonchev–Trinajstić information content (AvgIpc) is 3.18. The zero-order chi connectivity index (χ0) is 21.7. The number of ether oxygens (including phenoxy) is 1. The minimum atomic E-state index is -3.68. The van der Waals surface area contributed by atoms with Crippen molar-refractivity contribution in [2.45, 2.75) is 4.90 Å². The molecule has 158 valence electrons. The summed E-state index contributed by atoms with van der Waals surface area (Å²) >= 11 is 6.99. The van der Waals surface area contributed by atoms with E-state index in [1.165, 1.54) is 54.8 Å². The zero-order valence-electron chi connectivity index (χ0n) is 15.7. The lowest BCUT2D eigenvalue weighted by atomic mass is 10.2. The third kappa shape index (κ3) is 5.41. The first-order valence-electron chi connectivity index (χ1n) is 8.61. The Morgan fingerprint density at radius 1 is 1.23 bits per heavy atom. The van der Waals surface area contributed by atoms with Crippen LogP contribution in [0.5, 0.6) is 0 Å². The lowest BCUT2D eigenvalue weighted by molar-refractivity contribution is 0.102. The minimum Gasteiger partial charge on any atom is -0.383 e. The van der Waals surface area contributed by atoms with Gasteiger partial charge in [0.2, 0.25) is 10.0 Å². The van der Waals surface area contributed by atoms with Gasteiger partial charge in [-0.25, -0.2) is 22.5 Å². The number of anilines is 1. The van der Waals surface area contributed by atoms with Crippen LogP contribution in [0, 0.1) is 5.82 Å². The molecule has 3 rings (SSSR count). The third-order valence-corrected chi connectivity index (χ3v) is 6.49. The Labute approximate surface area is 181 Å². The molecule has 2 N–H and O–H groups in total. The van der Waals surface area contributed by atoms with Crippen LogP contribution < -0.4 is 10.0 Å². The first-order valence-corrected chi connectivity index (χ1v) is 11.4. The van der Waals surface area contributed by atoms with Crippen LogP contribution in [0.3, 0.4) is 0 Å². The van der Waals surface area contributed by atoms with E-state index in [9.17, 15) is 17.6 Å². The highest BCUT2D eigenvalue weighted by molar-refractivity contribution is 7.89. The van der Waals surface area contributed by atoms with Gasteiger partial charge in [0.05, 0.1) is 22.2 Å². The molecule has 2 aromatic carbocycles. The summed E-state index contributed by atoms with van der Waals surface area (Å²) in [6.07, 6.45) is 0. The van der Waals surface area contributed by atoms with Crippen molar-refractivity contribution in [2.24, 2.45) is 0 Å². The van der Waals surface area contributed by atoms with Crippen LogP contribution in [-0.2, 0) is 14.8 Å². The highest BCUT2D eigenvalue weighted by atomic mass is 35.5. The number of rotatable bonds is 8. The van der Waals surface area contributed by atoms with Crippen LogP contribution in [0.15, 0.2) is 52.7 Å². The number of amides is 1. The van der Waals surface area contributed by atoms with Crippen molar-refractivity contribution >= 4 is 44.0 Å². The zero-order valence-corrected chi connectivity index (χ0v) is 18.1. The van der Waals surface area contributed by atoms with Crippen LogP contribution in [0.2, 0.25) is 5.02 Å². The van der Waals surface area contributed by atoms with Gasteiger partial charge >= 0.3 is 0 Å². The molecule has 0 unspecified atom stereocenters. The van der Waals surface area contributed by atoms with Crippen molar-refractivity contribution < 1.29 is 22.3 Å². The first-order chi connectivity index (χ1) is 14.3. The largest absolute Gasteiger partial charge is 0.383 e. The van der Waals surface area contributed by atoms with Crippen LogP contribution in [0.1, 0.15) is 10.4 Å². The Hall–Kier alpha value is -2.37. The highest BCUT2D eigenvalue weighted by Crippen LogP contribution is 2.28. The SMILES string of the molecule is COCCNS(=O)(=O)c1ccc(C(=O)Nc2nc(-c3ccc(F)c(Cl)c3)cs2)cc1. The molecule has 1 amide bonds. The van der Waals surface area contributed by atoms with Gasteiger partial charge in [0.1, 0.15) is 5.82 Å². The summed E-state index contributed by atoms with van der Waals surface area (Å²) in [6, 6.07) is 9.76. The molecule has 30 heavy (non-hydrogen) atoms. The van der Waals surface area contributed by atoms with Crippen molar-refractivity contribution in [3.05, 3.63) is 64.2 Å². The van der Waals surface area contributed by atoms with Gasteiger partial charge in [-0.15, -0.1) is 11.3 Å². The molecule has 11 heteroatoms. The summed E-state index contributed by atoms with van der Waals surface area (Å²) in [7, 11) is -2.20. The average molecular weight is 470 g/mol. The Balaban J connectivity index is 1.68. The predicted molar refractivity (Wildman–Crippen MR) is 114 cm³/mol. The quantitative estimate of drug-likeness (QED) is 0.489. The Morgan fingerprint density at radius 2 is 1.97 bits per heavy atom. The molecule has 0 aliphatic carbocycles. The number of thiazole rings is 1. The molecule has 0 saturated heterocycles. The molecule has 1 heterocycles. The fourth-order valence-corrected chi connectivity index (χ4v) is 4.34. The van der Waals surface area contributed by atoms with Crippen LogP contribution in [-0.4, -0.2) is 39.6 Å². The minimum absolute atomic E-state index is 0.0159. The van der Waals surface area contributed by atoms with E-state index in [2.05, 4.69) is 15.0 Å². The maximum absolute atomic E-state index is 13.3. The van der Waals surface area contributed by atoms with Crippen molar-refractivity contribution in [2.75, 3.05) is 25.6 Å². The molecule has 1 aromatic heterocycles. The van der Waals surface area contributed by atoms with Gasteiger partial charge in [0, 0.05) is 30.2 Å². The standard InChI is InChI=1S/C19H17ClFN3O4S2/c1-28-9-8-22-30(26,27)14-5-2-12(3-6-14)18(25)24-19-23-17(11-29-19)13-4-7-16(21)15(20)10-13/h2-7,10-11,22H,8-9H2,1H3,(H,23,24,25). The van der Waals surface area contributed by atoms with Gasteiger partial charge < -0.3 is 4.74 Å². The van der Waals surface area contributed by atoms with Crippen molar-refractivity contribution in [3.63, 3.8) is 0 Å². The Morgan fingerprint density at radius 3 is 2.63 bits per heavy atom. The molecule has 3 aromatic rings. The van der Waals surface area contributed by atoms with Crippen LogP contribution in [0.4, 0.5) is 9.52 Å². The second kappa shape index (κ2) is 9.63. The molecule has 0 aliphatic rings. The number of halogens is 2. The molecular formula is C19H17ClFN3O4S2. The summed E-state index contributed by atoms with van der Waals surface area (Å²) in [4.78, 5) is 16.8. The molecule has 7 nitrogen and oxygen atoms in total. The topological polar surface area (TPSA) is 97.4 Å². The van der Waals surface area contributed by atoms with Gasteiger partial charge in [0.15, 0.2) is 5.13 Å². The maximum Gasteiger partial charge on any atom is 0.257 e. The Kier molecular flexibility index (Phi) is 7.16. The van der Waals surface area contributed by atoms with Crippen LogP contribution in [0.25, 0.3) is 11.3 Å². The van der Waals surface area contributed by atoms with E-state index in [1.54, 1.807) is 11.4 Å². The van der Waals surface area contributed by atoms with Gasteiger partial charge in [-0.05, 0) is 42.5 Å². The second-order valence-corrected chi connectivity index (χ2v) is 9.07. The molecule has 0 bridgehead atoms. The van der Waals surface area contributed by atoms with Crippen molar-refractivity contribution in [1.29, 1.82) is 0 Å². The third-order valence-electron chi connectivity index (χ3n) is 3.97. The van der Waals surface area contributed by atoms with Crippen molar-refractivity contribution in [3.8, 4) is 11.3 Å². The fraction of sp³-hybridized carbons (Fsp3) is 0.158. The number of nitrogens with one attached hydrogen (secondary N) is 2. The number of sulfonamides is 1. The Bertz CT molecular complexity index is 1150. The molecule has 0 fully saturated rings. The monoisotopic (exact) mass is 469 g/mol. The molecule has 0 radical (unpaired) electrons. The molecular weight excluding hydrogens is 453 g/mol. The lowest BCUT2D eigenvalue weighted by Crippen LogP contribution is -2.27. The summed E-state index contributed by atoms with van der Waals surface area (Å²) in [5.41, 5.74) is 1.43. The van der Waals surface area contributed by atoms with E-state index in [4.69, 9.17) is 16.3 Å². The molecule has 0 saturated carbocycles. The highest BCUT2D eigenvalue weighted by Gasteiger charge is 2.15. The summed E-state index contributed by atoms with van der Waals surface area (Å²) < 4.78 is 44.8. The number of benzene rings is 2. The van der Waals surface area contributed by atoms with E-state index in [1.807, 2.05) is 0 Å². The van der Waals surface area contributed by atoms with Gasteiger partial charge in [-0.3, -0.25) is 10.1 Å². The normalized spacial score (nSPS) is 11.4. The number of hydrogen-bond donors (Lipinski definition) is 2. The van der Waals surface area contributed by atoms with Crippen LogP contribution >= 0.6 is 22.9 Å². The van der Waals surface area contributed by atoms with E-state index < -0.39 is 21.7 Å². The summed E-state index contributed by atoms with van der Waals surface area (Å²) in [5.74, 6) is -0.965. The maximum atomic E-state index is 13.3. The van der Waals surface area contributed by atoms with E-state index in [-0.39, 0.29) is 28.6 Å². The van der Waals surface area contributed by atoms with Gasteiger partial charge in [0.25, 0.3) is 5.91 Å². The first kappa shape index (κ1) is 22.3.